The zero-order valence-corrected chi connectivity index (χ0v) is 7.58. The quantitative estimate of drug-likeness (QED) is 0.766. The molecule has 2 heterocycles. The molecule has 5 heteroatoms. The van der Waals surface area contributed by atoms with Gasteiger partial charge < -0.3 is 5.11 Å². The van der Waals surface area contributed by atoms with E-state index in [0.29, 0.717) is 5.65 Å². The van der Waals surface area contributed by atoms with Crippen LogP contribution in [0.25, 0.3) is 5.65 Å². The third-order valence-corrected chi connectivity index (χ3v) is 2.19. The zero-order valence-electron chi connectivity index (χ0n) is 7.58. The Labute approximate surface area is 80.0 Å². The molecule has 0 aliphatic rings. The lowest BCUT2D eigenvalue weighted by Crippen LogP contribution is -2.07. The van der Waals surface area contributed by atoms with Crippen LogP contribution in [0.2, 0.25) is 0 Å². The Bertz CT molecular complexity index is 478. The van der Waals surface area contributed by atoms with Crippen LogP contribution in [-0.2, 0) is 4.79 Å². The first-order valence-corrected chi connectivity index (χ1v) is 4.20. The van der Waals surface area contributed by atoms with Crippen molar-refractivity contribution in [1.82, 2.24) is 14.6 Å². The molecule has 1 unspecified atom stereocenters. The molecule has 72 valence electrons. The van der Waals surface area contributed by atoms with Gasteiger partial charge in [0, 0.05) is 6.20 Å². The van der Waals surface area contributed by atoms with E-state index in [9.17, 15) is 4.79 Å². The average molecular weight is 191 g/mol. The van der Waals surface area contributed by atoms with Gasteiger partial charge in [0.05, 0.1) is 5.92 Å². The topological polar surface area (TPSA) is 67.5 Å². The minimum Gasteiger partial charge on any atom is -0.481 e. The highest BCUT2D eigenvalue weighted by atomic mass is 16.4. The second-order valence-corrected chi connectivity index (χ2v) is 3.12. The number of hydrogen-bond acceptors (Lipinski definition) is 3. The number of pyridine rings is 1. The smallest absolute Gasteiger partial charge is 0.310 e. The van der Waals surface area contributed by atoms with Gasteiger partial charge >= 0.3 is 5.97 Å². The van der Waals surface area contributed by atoms with E-state index >= 15 is 0 Å². The Morgan fingerprint density at radius 1 is 1.64 bits per heavy atom. The predicted octanol–water partition coefficient (Wildman–Crippen LogP) is 0.917. The van der Waals surface area contributed by atoms with Crippen molar-refractivity contribution in [2.24, 2.45) is 0 Å². The molecule has 0 fully saturated rings. The van der Waals surface area contributed by atoms with Crippen molar-refractivity contribution in [2.45, 2.75) is 12.8 Å². The highest BCUT2D eigenvalue weighted by molar-refractivity contribution is 5.75. The van der Waals surface area contributed by atoms with Crippen LogP contribution >= 0.6 is 0 Å². The molecule has 0 amide bonds. The molecule has 0 aliphatic carbocycles. The third kappa shape index (κ3) is 1.32. The summed E-state index contributed by atoms with van der Waals surface area (Å²) < 4.78 is 1.73. The highest BCUT2D eigenvalue weighted by Crippen LogP contribution is 2.16. The van der Waals surface area contributed by atoms with Crippen LogP contribution < -0.4 is 0 Å². The lowest BCUT2D eigenvalue weighted by molar-refractivity contribution is -0.138. The van der Waals surface area contributed by atoms with E-state index in [0.717, 1.165) is 5.56 Å². The number of fused-ring (bicyclic) bond motifs is 1. The summed E-state index contributed by atoms with van der Waals surface area (Å²) in [5.41, 5.74) is 1.40. The molecular weight excluding hydrogens is 182 g/mol. The summed E-state index contributed by atoms with van der Waals surface area (Å²) in [5, 5.41) is 16.4. The van der Waals surface area contributed by atoms with E-state index in [1.54, 1.807) is 36.0 Å². The standard InChI is InChI=1S/C9H9N3O2/c1-6(9(13)14)7-2-3-12-5-10-11-8(12)4-7/h2-6H,1H3,(H,13,14). The van der Waals surface area contributed by atoms with Gasteiger partial charge in [-0.15, -0.1) is 10.2 Å². The fraction of sp³-hybridized carbons (Fsp3) is 0.222. The van der Waals surface area contributed by atoms with Crippen molar-refractivity contribution in [3.05, 3.63) is 30.2 Å². The van der Waals surface area contributed by atoms with Gasteiger partial charge in [0.1, 0.15) is 6.33 Å². The number of nitrogens with zero attached hydrogens (tertiary/aromatic N) is 3. The summed E-state index contributed by atoms with van der Waals surface area (Å²) in [5.74, 6) is -1.36. The SMILES string of the molecule is CC(C(=O)O)c1ccn2cnnc2c1. The summed E-state index contributed by atoms with van der Waals surface area (Å²) in [4.78, 5) is 10.7. The molecule has 0 aromatic carbocycles. The van der Waals surface area contributed by atoms with Gasteiger partial charge in [-0.1, -0.05) is 0 Å². The van der Waals surface area contributed by atoms with Crippen LogP contribution in [-0.4, -0.2) is 25.7 Å². The van der Waals surface area contributed by atoms with Crippen LogP contribution in [0, 0.1) is 0 Å². The summed E-state index contributed by atoms with van der Waals surface area (Å²) in [7, 11) is 0. The molecule has 14 heavy (non-hydrogen) atoms. The monoisotopic (exact) mass is 191 g/mol. The Balaban J connectivity index is 2.48. The fourth-order valence-corrected chi connectivity index (χ4v) is 1.25. The summed E-state index contributed by atoms with van der Waals surface area (Å²) in [6, 6.07) is 3.49. The molecule has 0 bridgehead atoms. The molecule has 5 nitrogen and oxygen atoms in total. The molecule has 2 aromatic rings. The highest BCUT2D eigenvalue weighted by Gasteiger charge is 2.13. The van der Waals surface area contributed by atoms with Gasteiger partial charge in [-0.05, 0) is 24.6 Å². The molecule has 0 saturated carbocycles. The Kier molecular flexibility index (Phi) is 1.92. The van der Waals surface area contributed by atoms with E-state index in [-0.39, 0.29) is 0 Å². The lowest BCUT2D eigenvalue weighted by Gasteiger charge is -2.05. The maximum absolute atomic E-state index is 10.7. The van der Waals surface area contributed by atoms with E-state index in [1.807, 2.05) is 0 Å². The van der Waals surface area contributed by atoms with Crippen LogP contribution in [0.1, 0.15) is 18.4 Å². The number of rotatable bonds is 2. The molecule has 0 radical (unpaired) electrons. The van der Waals surface area contributed by atoms with Gasteiger partial charge in [0.25, 0.3) is 0 Å². The van der Waals surface area contributed by atoms with Crippen molar-refractivity contribution < 1.29 is 9.90 Å². The first kappa shape index (κ1) is 8.68. The van der Waals surface area contributed by atoms with E-state index in [1.165, 1.54) is 0 Å². The van der Waals surface area contributed by atoms with Crippen molar-refractivity contribution in [3.63, 3.8) is 0 Å². The maximum atomic E-state index is 10.7. The van der Waals surface area contributed by atoms with Crippen LogP contribution in [0.3, 0.4) is 0 Å². The molecule has 0 aliphatic heterocycles. The van der Waals surface area contributed by atoms with Crippen LogP contribution in [0.5, 0.6) is 0 Å². The second-order valence-electron chi connectivity index (χ2n) is 3.12. The number of carboxylic acids is 1. The van der Waals surface area contributed by atoms with Gasteiger partial charge in [-0.2, -0.15) is 0 Å². The third-order valence-electron chi connectivity index (χ3n) is 2.19. The van der Waals surface area contributed by atoms with Crippen LogP contribution in [0.15, 0.2) is 24.7 Å². The molecule has 2 aromatic heterocycles. The second kappa shape index (κ2) is 3.10. The van der Waals surface area contributed by atoms with Crippen molar-refractivity contribution in [1.29, 1.82) is 0 Å². The molecule has 2 rings (SSSR count). The molecule has 0 saturated heterocycles. The number of carboxylic acid groups (broad SMARTS) is 1. The number of aliphatic carboxylic acids is 1. The first-order valence-electron chi connectivity index (χ1n) is 4.20. The Morgan fingerprint density at radius 3 is 3.14 bits per heavy atom. The Morgan fingerprint density at radius 2 is 2.43 bits per heavy atom. The normalized spacial score (nSPS) is 12.9. The minimum absolute atomic E-state index is 0.517. The van der Waals surface area contributed by atoms with Crippen molar-refractivity contribution in [3.8, 4) is 0 Å². The van der Waals surface area contributed by atoms with Crippen LogP contribution in [0.4, 0.5) is 0 Å². The summed E-state index contributed by atoms with van der Waals surface area (Å²) in [6.07, 6.45) is 3.33. The summed E-state index contributed by atoms with van der Waals surface area (Å²) in [6.45, 7) is 1.64. The molecule has 1 N–H and O–H groups in total. The first-order chi connectivity index (χ1) is 6.68. The molecule has 0 spiro atoms. The van der Waals surface area contributed by atoms with E-state index < -0.39 is 11.9 Å². The average Bonchev–Trinajstić information content (AvgIpc) is 2.62. The maximum Gasteiger partial charge on any atom is 0.310 e. The predicted molar refractivity (Wildman–Crippen MR) is 49.0 cm³/mol. The summed E-state index contributed by atoms with van der Waals surface area (Å²) >= 11 is 0. The van der Waals surface area contributed by atoms with Gasteiger partial charge in [0.15, 0.2) is 5.65 Å². The van der Waals surface area contributed by atoms with E-state index in [4.69, 9.17) is 5.11 Å². The van der Waals surface area contributed by atoms with E-state index in [2.05, 4.69) is 10.2 Å². The number of aromatic nitrogens is 3. The van der Waals surface area contributed by atoms with Gasteiger partial charge in [-0.25, -0.2) is 0 Å². The zero-order chi connectivity index (χ0) is 10.1. The minimum atomic E-state index is -0.839. The number of carbonyl (C=O) groups is 1. The largest absolute Gasteiger partial charge is 0.481 e. The van der Waals surface area contributed by atoms with Gasteiger partial charge in [0.2, 0.25) is 0 Å². The Hall–Kier alpha value is -1.91. The lowest BCUT2D eigenvalue weighted by atomic mass is 10.0. The fourth-order valence-electron chi connectivity index (χ4n) is 1.25. The van der Waals surface area contributed by atoms with Crippen molar-refractivity contribution >= 4 is 11.6 Å². The van der Waals surface area contributed by atoms with Gasteiger partial charge in [-0.3, -0.25) is 9.20 Å². The number of hydrogen-bond donors (Lipinski definition) is 1. The molecular formula is C9H9N3O2. The van der Waals surface area contributed by atoms with Crippen molar-refractivity contribution in [2.75, 3.05) is 0 Å². The molecule has 1 atom stereocenters.